The van der Waals surface area contributed by atoms with Crippen LogP contribution in [-0.2, 0) is 12.7 Å². The molecule has 1 aromatic carbocycles. The van der Waals surface area contributed by atoms with Crippen LogP contribution in [0.4, 0.5) is 13.2 Å². The van der Waals surface area contributed by atoms with Gasteiger partial charge in [-0.3, -0.25) is 9.88 Å². The summed E-state index contributed by atoms with van der Waals surface area (Å²) >= 11 is 5.70. The lowest BCUT2D eigenvalue weighted by Gasteiger charge is -2.36. The molecule has 2 heterocycles. The van der Waals surface area contributed by atoms with Crippen molar-refractivity contribution >= 4 is 24.0 Å². The average Bonchev–Trinajstić information content (AvgIpc) is 2.57. The molecule has 1 aliphatic rings. The Bertz CT molecular complexity index is 695. The number of pyridine rings is 1. The van der Waals surface area contributed by atoms with E-state index in [4.69, 9.17) is 11.6 Å². The quantitative estimate of drug-likeness (QED) is 0.844. The van der Waals surface area contributed by atoms with Crippen LogP contribution in [0, 0.1) is 0 Å². The molecule has 2 aromatic rings. The fourth-order valence-electron chi connectivity index (χ4n) is 2.97. The van der Waals surface area contributed by atoms with Gasteiger partial charge in [0.15, 0.2) is 0 Å². The highest BCUT2D eigenvalue weighted by atomic mass is 35.5. The molecule has 0 aliphatic carbocycles. The molecule has 3 nitrogen and oxygen atoms in total. The summed E-state index contributed by atoms with van der Waals surface area (Å²) < 4.78 is 39.1. The topological polar surface area (TPSA) is 28.2 Å². The maximum Gasteiger partial charge on any atom is 0.417 e. The van der Waals surface area contributed by atoms with Crippen molar-refractivity contribution in [3.05, 3.63) is 64.4 Å². The van der Waals surface area contributed by atoms with Crippen molar-refractivity contribution in [3.8, 4) is 0 Å². The van der Waals surface area contributed by atoms with Crippen LogP contribution < -0.4 is 5.32 Å². The number of alkyl halides is 3. The van der Waals surface area contributed by atoms with Gasteiger partial charge >= 0.3 is 6.18 Å². The van der Waals surface area contributed by atoms with E-state index in [0.29, 0.717) is 12.1 Å². The largest absolute Gasteiger partial charge is 0.417 e. The Morgan fingerprint density at radius 3 is 2.60 bits per heavy atom. The summed E-state index contributed by atoms with van der Waals surface area (Å²) in [5.41, 5.74) is 0.923. The predicted octanol–water partition coefficient (Wildman–Crippen LogP) is 4.32. The van der Waals surface area contributed by atoms with Crippen LogP contribution in [0.2, 0.25) is 5.02 Å². The first kappa shape index (κ1) is 20.0. The average molecular weight is 392 g/mol. The highest BCUT2D eigenvalue weighted by molar-refractivity contribution is 6.31. The molecule has 8 heteroatoms. The van der Waals surface area contributed by atoms with E-state index in [-0.39, 0.29) is 23.5 Å². The molecular formula is C17H18Cl2F3N3. The number of benzene rings is 1. The summed E-state index contributed by atoms with van der Waals surface area (Å²) in [4.78, 5) is 6.19. The number of aromatic nitrogens is 1. The summed E-state index contributed by atoms with van der Waals surface area (Å²) in [6.07, 6.45) is -0.987. The number of hydrogen-bond acceptors (Lipinski definition) is 3. The van der Waals surface area contributed by atoms with Crippen LogP contribution in [0.1, 0.15) is 22.7 Å². The van der Waals surface area contributed by atoms with Gasteiger partial charge in [0.1, 0.15) is 0 Å². The van der Waals surface area contributed by atoms with Gasteiger partial charge in [0, 0.05) is 44.6 Å². The Labute approximate surface area is 155 Å². The van der Waals surface area contributed by atoms with E-state index in [1.165, 1.54) is 6.07 Å². The fraction of sp³-hybridized carbons (Fsp3) is 0.353. The molecule has 1 unspecified atom stereocenters. The van der Waals surface area contributed by atoms with Crippen LogP contribution in [0.15, 0.2) is 42.7 Å². The lowest BCUT2D eigenvalue weighted by atomic mass is 10.0. The summed E-state index contributed by atoms with van der Waals surface area (Å²) in [5.74, 6) is 0. The van der Waals surface area contributed by atoms with Crippen molar-refractivity contribution in [2.75, 3.05) is 19.6 Å². The number of hydrogen-bond donors (Lipinski definition) is 1. The highest BCUT2D eigenvalue weighted by Gasteiger charge is 2.33. The Morgan fingerprint density at radius 2 is 1.92 bits per heavy atom. The molecule has 0 saturated carbocycles. The standard InChI is InChI=1S/C17H17ClF3N3.ClH/c18-15-2-1-12(9-14(15)17(19,20)21)11-24-8-7-23-10-16(24)13-3-5-22-6-4-13;/h1-6,9,16,23H,7-8,10-11H2;1H. The minimum Gasteiger partial charge on any atom is -0.314 e. The third-order valence-electron chi connectivity index (χ3n) is 4.17. The third kappa shape index (κ3) is 4.85. The first-order valence-electron chi connectivity index (χ1n) is 7.65. The van der Waals surface area contributed by atoms with Gasteiger partial charge in [-0.15, -0.1) is 12.4 Å². The number of piperazine rings is 1. The molecule has 0 radical (unpaired) electrons. The van der Waals surface area contributed by atoms with E-state index in [2.05, 4.69) is 15.2 Å². The van der Waals surface area contributed by atoms with Gasteiger partial charge in [-0.1, -0.05) is 17.7 Å². The van der Waals surface area contributed by atoms with Gasteiger partial charge in [-0.05, 0) is 35.4 Å². The second-order valence-corrected chi connectivity index (χ2v) is 6.19. The van der Waals surface area contributed by atoms with Gasteiger partial charge in [-0.2, -0.15) is 13.2 Å². The minimum atomic E-state index is -4.44. The first-order chi connectivity index (χ1) is 11.4. The lowest BCUT2D eigenvalue weighted by molar-refractivity contribution is -0.137. The molecule has 1 aromatic heterocycles. The summed E-state index contributed by atoms with van der Waals surface area (Å²) in [6, 6.07) is 8.11. The van der Waals surface area contributed by atoms with E-state index in [0.717, 1.165) is 31.3 Å². The van der Waals surface area contributed by atoms with E-state index in [1.54, 1.807) is 18.5 Å². The van der Waals surface area contributed by atoms with Crippen LogP contribution in [0.3, 0.4) is 0 Å². The SMILES string of the molecule is Cl.FC(F)(F)c1cc(CN2CCNCC2c2ccncc2)ccc1Cl. The van der Waals surface area contributed by atoms with Gasteiger partial charge < -0.3 is 5.32 Å². The zero-order valence-corrected chi connectivity index (χ0v) is 14.8. The zero-order chi connectivity index (χ0) is 17.2. The predicted molar refractivity (Wildman–Crippen MR) is 94.0 cm³/mol. The molecule has 136 valence electrons. The van der Waals surface area contributed by atoms with Crippen LogP contribution >= 0.6 is 24.0 Å². The highest BCUT2D eigenvalue weighted by Crippen LogP contribution is 2.35. The minimum absolute atomic E-state index is 0. The monoisotopic (exact) mass is 391 g/mol. The molecule has 1 aliphatic heterocycles. The summed E-state index contributed by atoms with van der Waals surface area (Å²) in [7, 11) is 0. The third-order valence-corrected chi connectivity index (χ3v) is 4.50. The molecule has 1 saturated heterocycles. The zero-order valence-electron chi connectivity index (χ0n) is 13.3. The first-order valence-corrected chi connectivity index (χ1v) is 8.03. The van der Waals surface area contributed by atoms with E-state index in [1.807, 2.05) is 12.1 Å². The Kier molecular flexibility index (Phi) is 6.68. The lowest BCUT2D eigenvalue weighted by Crippen LogP contribution is -2.45. The van der Waals surface area contributed by atoms with Crippen molar-refractivity contribution < 1.29 is 13.2 Å². The van der Waals surface area contributed by atoms with Crippen molar-refractivity contribution in [1.82, 2.24) is 15.2 Å². The van der Waals surface area contributed by atoms with Gasteiger partial charge in [0.25, 0.3) is 0 Å². The molecular weight excluding hydrogens is 374 g/mol. The molecule has 0 bridgehead atoms. The molecule has 0 amide bonds. The summed E-state index contributed by atoms with van der Waals surface area (Å²) in [5, 5.41) is 3.06. The Hall–Kier alpha value is -1.34. The van der Waals surface area contributed by atoms with Crippen molar-refractivity contribution in [2.45, 2.75) is 18.8 Å². The van der Waals surface area contributed by atoms with Crippen LogP contribution in [0.25, 0.3) is 0 Å². The Morgan fingerprint density at radius 1 is 1.20 bits per heavy atom. The van der Waals surface area contributed by atoms with Crippen LogP contribution in [-0.4, -0.2) is 29.5 Å². The molecule has 0 spiro atoms. The van der Waals surface area contributed by atoms with E-state index >= 15 is 0 Å². The normalized spacial score (nSPS) is 18.6. The number of nitrogens with one attached hydrogen (secondary N) is 1. The number of halogens is 5. The smallest absolute Gasteiger partial charge is 0.314 e. The van der Waals surface area contributed by atoms with Crippen molar-refractivity contribution in [2.24, 2.45) is 0 Å². The van der Waals surface area contributed by atoms with Crippen molar-refractivity contribution in [1.29, 1.82) is 0 Å². The summed E-state index contributed by atoms with van der Waals surface area (Å²) in [6.45, 7) is 2.76. The van der Waals surface area contributed by atoms with Crippen molar-refractivity contribution in [3.63, 3.8) is 0 Å². The molecule has 25 heavy (non-hydrogen) atoms. The van der Waals surface area contributed by atoms with E-state index in [9.17, 15) is 13.2 Å². The van der Waals surface area contributed by atoms with E-state index < -0.39 is 11.7 Å². The molecule has 3 rings (SSSR count). The van der Waals surface area contributed by atoms with Gasteiger partial charge in [0.2, 0.25) is 0 Å². The fourth-order valence-corrected chi connectivity index (χ4v) is 3.20. The maximum absolute atomic E-state index is 13.0. The Balaban J connectivity index is 0.00000225. The maximum atomic E-state index is 13.0. The molecule has 1 N–H and O–H groups in total. The van der Waals surface area contributed by atoms with Gasteiger partial charge in [0.05, 0.1) is 10.6 Å². The number of nitrogens with zero attached hydrogens (tertiary/aromatic N) is 2. The number of rotatable bonds is 3. The molecule has 1 atom stereocenters. The molecule has 1 fully saturated rings. The van der Waals surface area contributed by atoms with Gasteiger partial charge in [-0.25, -0.2) is 0 Å². The second kappa shape index (κ2) is 8.36. The van der Waals surface area contributed by atoms with Crippen LogP contribution in [0.5, 0.6) is 0 Å². The second-order valence-electron chi connectivity index (χ2n) is 5.78.